The van der Waals surface area contributed by atoms with Crippen LogP contribution in [0.1, 0.15) is 49.7 Å². The van der Waals surface area contributed by atoms with Crippen molar-refractivity contribution in [3.05, 3.63) is 41.0 Å². The second kappa shape index (κ2) is 5.13. The predicted octanol–water partition coefficient (Wildman–Crippen LogP) is 4.31. The van der Waals surface area contributed by atoms with E-state index in [-0.39, 0.29) is 0 Å². The third-order valence-corrected chi connectivity index (χ3v) is 4.86. The largest absolute Gasteiger partial charge is 0.309 e. The number of hydrogen-bond acceptors (Lipinski definition) is 1. The van der Waals surface area contributed by atoms with Gasteiger partial charge in [0.25, 0.3) is 0 Å². The molecule has 0 aromatic heterocycles. The molecule has 0 amide bonds. The Morgan fingerprint density at radius 2 is 1.95 bits per heavy atom. The zero-order valence-electron chi connectivity index (χ0n) is 12.4. The van der Waals surface area contributed by atoms with Gasteiger partial charge in [0.05, 0.1) is 0 Å². The van der Waals surface area contributed by atoms with Gasteiger partial charge in [0.15, 0.2) is 0 Å². The lowest BCUT2D eigenvalue weighted by atomic mass is 9.76. The van der Waals surface area contributed by atoms with E-state index in [4.69, 9.17) is 0 Å². The molecule has 0 N–H and O–H groups in total. The van der Waals surface area contributed by atoms with Gasteiger partial charge >= 0.3 is 0 Å². The maximum atomic E-state index is 2.43. The molecule has 1 saturated carbocycles. The summed E-state index contributed by atoms with van der Waals surface area (Å²) in [6, 6.07) is 9.13. The van der Waals surface area contributed by atoms with Crippen molar-refractivity contribution in [2.45, 2.75) is 38.5 Å². The van der Waals surface area contributed by atoms with Gasteiger partial charge in [0.2, 0.25) is 0 Å². The van der Waals surface area contributed by atoms with E-state index >= 15 is 0 Å². The highest BCUT2D eigenvalue weighted by atomic mass is 15.0. The van der Waals surface area contributed by atoms with Crippen molar-refractivity contribution in [2.24, 2.45) is 5.92 Å². The third-order valence-electron chi connectivity index (χ3n) is 4.86. The summed E-state index contributed by atoms with van der Waals surface area (Å²) in [7, 11) is 4.35. The maximum Gasteiger partial charge on any atom is 0.00629 e. The summed E-state index contributed by atoms with van der Waals surface area (Å²) in [5, 5.41) is 0. The van der Waals surface area contributed by atoms with Crippen molar-refractivity contribution in [1.82, 2.24) is 4.90 Å². The highest BCUT2D eigenvalue weighted by Crippen LogP contribution is 2.52. The first-order chi connectivity index (χ1) is 9.18. The van der Waals surface area contributed by atoms with Gasteiger partial charge in [-0.15, -0.1) is 0 Å². The van der Waals surface area contributed by atoms with E-state index in [1.807, 2.05) is 0 Å². The van der Waals surface area contributed by atoms with Crippen LogP contribution in [0.25, 0.3) is 5.57 Å². The smallest absolute Gasteiger partial charge is 0.00629 e. The zero-order valence-corrected chi connectivity index (χ0v) is 12.4. The number of benzene rings is 1. The molecule has 3 rings (SSSR count). The Kier molecular flexibility index (Phi) is 3.49. The number of nitrogens with zero attached hydrogens (tertiary/aromatic N) is 1. The highest BCUT2D eigenvalue weighted by molar-refractivity contribution is 5.79. The first-order valence-electron chi connectivity index (χ1n) is 7.65. The molecular weight excluding hydrogens is 230 g/mol. The van der Waals surface area contributed by atoms with Crippen LogP contribution in [0.3, 0.4) is 0 Å². The lowest BCUT2D eigenvalue weighted by Crippen LogP contribution is -2.16. The molecule has 0 heterocycles. The van der Waals surface area contributed by atoms with Gasteiger partial charge in [-0.25, -0.2) is 0 Å². The molecule has 2 aliphatic rings. The van der Waals surface area contributed by atoms with Crippen LogP contribution in [0, 0.1) is 5.92 Å². The molecular formula is C18H25N. The fourth-order valence-corrected chi connectivity index (χ4v) is 3.96. The van der Waals surface area contributed by atoms with Gasteiger partial charge in [-0.2, -0.15) is 0 Å². The average Bonchev–Trinajstić information content (AvgIpc) is 2.72. The fourth-order valence-electron chi connectivity index (χ4n) is 3.96. The van der Waals surface area contributed by atoms with Crippen LogP contribution in [-0.4, -0.2) is 25.5 Å². The van der Waals surface area contributed by atoms with Gasteiger partial charge in [0, 0.05) is 12.5 Å². The Morgan fingerprint density at radius 1 is 1.16 bits per heavy atom. The summed E-state index contributed by atoms with van der Waals surface area (Å²) in [4.78, 5) is 2.30. The molecule has 0 spiro atoms. The first-order valence-corrected chi connectivity index (χ1v) is 7.65. The van der Waals surface area contributed by atoms with E-state index in [0.29, 0.717) is 0 Å². The summed E-state index contributed by atoms with van der Waals surface area (Å²) >= 11 is 0. The van der Waals surface area contributed by atoms with Crippen LogP contribution in [0.2, 0.25) is 0 Å². The SMILES string of the molecule is CC1CCCC2C1=C(CCN(C)C)c1ccccc12. The van der Waals surface area contributed by atoms with Crippen LogP contribution in [-0.2, 0) is 0 Å². The third kappa shape index (κ3) is 2.25. The normalized spacial score (nSPS) is 25.7. The van der Waals surface area contributed by atoms with Gasteiger partial charge < -0.3 is 4.90 Å². The first kappa shape index (κ1) is 12.9. The van der Waals surface area contributed by atoms with Crippen molar-refractivity contribution in [2.75, 3.05) is 20.6 Å². The molecule has 1 aromatic carbocycles. The fraction of sp³-hybridized carbons (Fsp3) is 0.556. The van der Waals surface area contributed by atoms with Gasteiger partial charge in [-0.05, 0) is 56.0 Å². The van der Waals surface area contributed by atoms with Crippen LogP contribution in [0.4, 0.5) is 0 Å². The quantitative estimate of drug-likeness (QED) is 0.778. The summed E-state index contributed by atoms with van der Waals surface area (Å²) in [5.74, 6) is 1.51. The number of allylic oxidation sites excluding steroid dienone is 1. The molecule has 0 aliphatic heterocycles. The molecule has 1 nitrogen and oxygen atoms in total. The second-order valence-electron chi connectivity index (χ2n) is 6.46. The highest BCUT2D eigenvalue weighted by Gasteiger charge is 2.35. The molecule has 1 aromatic rings. The van der Waals surface area contributed by atoms with Gasteiger partial charge in [-0.1, -0.05) is 43.2 Å². The number of hydrogen-bond donors (Lipinski definition) is 0. The number of fused-ring (bicyclic) bond motifs is 3. The molecule has 0 saturated heterocycles. The number of rotatable bonds is 3. The van der Waals surface area contributed by atoms with Crippen LogP contribution in [0.5, 0.6) is 0 Å². The van der Waals surface area contributed by atoms with Crippen LogP contribution < -0.4 is 0 Å². The van der Waals surface area contributed by atoms with Gasteiger partial charge in [0.1, 0.15) is 0 Å². The standard InChI is InChI=1S/C18H25N/c1-13-7-6-10-16-14-8-4-5-9-15(14)17(18(13)16)11-12-19(2)3/h4-5,8-9,13,16H,6-7,10-12H2,1-3H3. The van der Waals surface area contributed by atoms with Crippen molar-refractivity contribution in [3.63, 3.8) is 0 Å². The van der Waals surface area contributed by atoms with E-state index in [1.54, 1.807) is 22.3 Å². The van der Waals surface area contributed by atoms with Crippen molar-refractivity contribution >= 4 is 5.57 Å². The molecule has 0 radical (unpaired) electrons. The minimum atomic E-state index is 0.733. The molecule has 1 fully saturated rings. The van der Waals surface area contributed by atoms with Gasteiger partial charge in [-0.3, -0.25) is 0 Å². The monoisotopic (exact) mass is 255 g/mol. The second-order valence-corrected chi connectivity index (χ2v) is 6.46. The molecule has 0 bridgehead atoms. The lowest BCUT2D eigenvalue weighted by molar-refractivity contribution is 0.416. The molecule has 2 unspecified atom stereocenters. The van der Waals surface area contributed by atoms with Crippen molar-refractivity contribution in [3.8, 4) is 0 Å². The molecule has 1 heteroatoms. The maximum absolute atomic E-state index is 2.43. The van der Waals surface area contributed by atoms with E-state index in [1.165, 1.54) is 25.7 Å². The summed E-state index contributed by atoms with van der Waals surface area (Å²) in [6.45, 7) is 3.59. The Labute approximate surface area is 117 Å². The van der Waals surface area contributed by atoms with E-state index in [2.05, 4.69) is 50.2 Å². The van der Waals surface area contributed by atoms with Crippen molar-refractivity contribution in [1.29, 1.82) is 0 Å². The van der Waals surface area contributed by atoms with Crippen LogP contribution >= 0.6 is 0 Å². The Bertz CT molecular complexity index is 498. The topological polar surface area (TPSA) is 3.24 Å². The molecule has 19 heavy (non-hydrogen) atoms. The van der Waals surface area contributed by atoms with E-state index in [0.717, 1.165) is 18.4 Å². The Balaban J connectivity index is 2.01. The predicted molar refractivity (Wildman–Crippen MR) is 82.3 cm³/mol. The zero-order chi connectivity index (χ0) is 13.4. The minimum absolute atomic E-state index is 0.733. The molecule has 2 aliphatic carbocycles. The summed E-state index contributed by atoms with van der Waals surface area (Å²) < 4.78 is 0. The van der Waals surface area contributed by atoms with Crippen molar-refractivity contribution < 1.29 is 0 Å². The molecule has 2 atom stereocenters. The Hall–Kier alpha value is -1.08. The van der Waals surface area contributed by atoms with Crippen LogP contribution in [0.15, 0.2) is 29.8 Å². The average molecular weight is 255 g/mol. The summed E-state index contributed by atoms with van der Waals surface area (Å²) in [6.07, 6.45) is 5.35. The Morgan fingerprint density at radius 3 is 2.74 bits per heavy atom. The lowest BCUT2D eigenvalue weighted by Gasteiger charge is -2.28. The minimum Gasteiger partial charge on any atom is -0.309 e. The molecule has 102 valence electrons. The summed E-state index contributed by atoms with van der Waals surface area (Å²) in [5.41, 5.74) is 6.60. The van der Waals surface area contributed by atoms with E-state index < -0.39 is 0 Å². The van der Waals surface area contributed by atoms with E-state index in [9.17, 15) is 0 Å².